The summed E-state index contributed by atoms with van der Waals surface area (Å²) in [6, 6.07) is 18.0. The molecule has 0 aliphatic carbocycles. The van der Waals surface area contributed by atoms with E-state index >= 15 is 0 Å². The fourth-order valence-electron chi connectivity index (χ4n) is 4.25. The highest BCUT2D eigenvalue weighted by Crippen LogP contribution is 2.34. The van der Waals surface area contributed by atoms with Crippen molar-refractivity contribution in [1.29, 1.82) is 0 Å². The molecule has 0 bridgehead atoms. The van der Waals surface area contributed by atoms with E-state index in [4.69, 9.17) is 13.7 Å². The third kappa shape index (κ3) is 4.34. The first kappa shape index (κ1) is 21.2. The Hall–Kier alpha value is -3.65. The smallest absolute Gasteiger partial charge is 0.253 e. The molecule has 0 amide bonds. The van der Waals surface area contributed by atoms with Gasteiger partial charge in [-0.3, -0.25) is 4.90 Å². The second-order valence-corrected chi connectivity index (χ2v) is 8.27. The normalized spacial score (nSPS) is 15.5. The highest BCUT2D eigenvalue weighted by Gasteiger charge is 2.26. The summed E-state index contributed by atoms with van der Waals surface area (Å²) in [6.45, 7) is 7.06. The van der Waals surface area contributed by atoms with Crippen LogP contribution in [0.25, 0.3) is 22.7 Å². The van der Waals surface area contributed by atoms with E-state index in [0.717, 1.165) is 42.2 Å². The summed E-state index contributed by atoms with van der Waals surface area (Å²) in [4.78, 5) is 4.49. The molecule has 0 fully saturated rings. The number of ether oxygens (including phenoxy) is 1. The molecule has 1 aliphatic heterocycles. The van der Waals surface area contributed by atoms with Crippen molar-refractivity contribution in [3.05, 3.63) is 66.2 Å². The van der Waals surface area contributed by atoms with Crippen molar-refractivity contribution >= 4 is 5.69 Å². The zero-order chi connectivity index (χ0) is 22.8. The largest absolute Gasteiger partial charge is 0.485 e. The van der Waals surface area contributed by atoms with E-state index in [9.17, 15) is 0 Å². The summed E-state index contributed by atoms with van der Waals surface area (Å²) in [7, 11) is 2.03. The van der Waals surface area contributed by atoms with Crippen molar-refractivity contribution in [3.8, 4) is 28.5 Å². The lowest BCUT2D eigenvalue weighted by atomic mass is 10.1. The average Bonchev–Trinajstić information content (AvgIpc) is 3.44. The third-order valence-corrected chi connectivity index (χ3v) is 5.82. The first-order valence-corrected chi connectivity index (χ1v) is 11.2. The van der Waals surface area contributed by atoms with Gasteiger partial charge < -0.3 is 18.6 Å². The van der Waals surface area contributed by atoms with Gasteiger partial charge in [-0.1, -0.05) is 47.6 Å². The molecule has 1 aliphatic rings. The van der Waals surface area contributed by atoms with Crippen LogP contribution in [0, 0.1) is 6.92 Å². The van der Waals surface area contributed by atoms with Gasteiger partial charge in [0.2, 0.25) is 5.89 Å². The first-order valence-electron chi connectivity index (χ1n) is 11.2. The second kappa shape index (κ2) is 9.07. The van der Waals surface area contributed by atoms with Crippen LogP contribution in [0.2, 0.25) is 0 Å². The molecule has 4 aromatic rings. The van der Waals surface area contributed by atoms with Gasteiger partial charge in [-0.2, -0.15) is 0 Å². The minimum atomic E-state index is 0.0530. The maximum Gasteiger partial charge on any atom is 0.253 e. The molecule has 0 spiro atoms. The van der Waals surface area contributed by atoms with E-state index in [1.807, 2.05) is 62.5 Å². The van der Waals surface area contributed by atoms with E-state index in [2.05, 4.69) is 38.1 Å². The molecule has 170 valence electrons. The van der Waals surface area contributed by atoms with Gasteiger partial charge in [-0.05, 0) is 33.0 Å². The summed E-state index contributed by atoms with van der Waals surface area (Å²) < 4.78 is 17.7. The van der Waals surface area contributed by atoms with Gasteiger partial charge in [0.1, 0.15) is 28.9 Å². The Bertz CT molecular complexity index is 1220. The van der Waals surface area contributed by atoms with Gasteiger partial charge >= 0.3 is 0 Å². The average molecular weight is 446 g/mol. The van der Waals surface area contributed by atoms with Gasteiger partial charge in [0.05, 0.1) is 18.8 Å². The predicted octanol–water partition coefficient (Wildman–Crippen LogP) is 4.42. The highest BCUT2D eigenvalue weighted by atomic mass is 16.5. The van der Waals surface area contributed by atoms with Gasteiger partial charge in [-0.15, -0.1) is 10.2 Å². The number of hydrogen-bond acceptors (Lipinski definition) is 8. The van der Waals surface area contributed by atoms with Gasteiger partial charge in [0, 0.05) is 18.7 Å². The Morgan fingerprint density at radius 2 is 1.85 bits per heavy atom. The number of anilines is 1. The summed E-state index contributed by atoms with van der Waals surface area (Å²) in [5.41, 5.74) is 3.52. The zero-order valence-corrected chi connectivity index (χ0v) is 19.1. The summed E-state index contributed by atoms with van der Waals surface area (Å²) >= 11 is 0. The molecule has 8 nitrogen and oxygen atoms in total. The maximum absolute atomic E-state index is 6.25. The fourth-order valence-corrected chi connectivity index (χ4v) is 4.25. The molecule has 0 saturated carbocycles. The quantitative estimate of drug-likeness (QED) is 0.414. The minimum Gasteiger partial charge on any atom is -0.485 e. The van der Waals surface area contributed by atoms with Crippen molar-refractivity contribution in [1.82, 2.24) is 20.3 Å². The number of hydrogen-bond donors (Lipinski definition) is 0. The van der Waals surface area contributed by atoms with Crippen molar-refractivity contribution in [3.63, 3.8) is 0 Å². The Morgan fingerprint density at radius 1 is 1.06 bits per heavy atom. The Morgan fingerprint density at radius 3 is 2.67 bits per heavy atom. The number of benzene rings is 2. The van der Waals surface area contributed by atoms with E-state index < -0.39 is 0 Å². The number of aromatic nitrogens is 3. The second-order valence-electron chi connectivity index (χ2n) is 8.27. The van der Waals surface area contributed by atoms with Crippen molar-refractivity contribution in [2.45, 2.75) is 26.5 Å². The molecule has 2 aromatic heterocycles. The lowest BCUT2D eigenvalue weighted by molar-refractivity contribution is 0.135. The third-order valence-electron chi connectivity index (χ3n) is 5.82. The van der Waals surface area contributed by atoms with E-state index in [0.29, 0.717) is 29.8 Å². The number of aryl methyl sites for hydroxylation is 1. The molecular weight excluding hydrogens is 418 g/mol. The van der Waals surface area contributed by atoms with Crippen LogP contribution in [0.3, 0.4) is 0 Å². The number of para-hydroxylation sites is 2. The lowest BCUT2D eigenvalue weighted by Crippen LogP contribution is -2.45. The van der Waals surface area contributed by atoms with Crippen LogP contribution in [0.1, 0.15) is 18.6 Å². The van der Waals surface area contributed by atoms with Crippen molar-refractivity contribution < 1.29 is 13.7 Å². The number of likely N-dealkylation sites (N-methyl/N-ethyl adjacent to an activating group) is 2. The molecule has 0 radical (unpaired) electrons. The first-order chi connectivity index (χ1) is 16.1. The Balaban J connectivity index is 1.28. The van der Waals surface area contributed by atoms with Crippen LogP contribution in [0.4, 0.5) is 5.69 Å². The maximum atomic E-state index is 6.25. The number of rotatable bonds is 7. The van der Waals surface area contributed by atoms with E-state index in [1.54, 1.807) is 0 Å². The molecule has 2 aromatic carbocycles. The molecule has 0 saturated heterocycles. The molecule has 8 heteroatoms. The van der Waals surface area contributed by atoms with Crippen molar-refractivity contribution in [2.75, 3.05) is 31.6 Å². The number of nitrogens with zero attached hydrogens (tertiary/aromatic N) is 5. The molecule has 3 heterocycles. The molecule has 1 atom stereocenters. The summed E-state index contributed by atoms with van der Waals surface area (Å²) in [6.07, 6.45) is 0.0530. The van der Waals surface area contributed by atoms with E-state index in [-0.39, 0.29) is 6.10 Å². The SMILES string of the molecule is CCN1C[C@H](CN(C)Cc2nnc(-c3c(-c4ccccc4)noc3C)o2)Oc2ccccc21. The Labute approximate surface area is 192 Å². The predicted molar refractivity (Wildman–Crippen MR) is 125 cm³/mol. The fraction of sp³-hybridized carbons (Fsp3) is 0.320. The van der Waals surface area contributed by atoms with Crippen LogP contribution in [0.5, 0.6) is 5.75 Å². The monoisotopic (exact) mass is 445 g/mol. The van der Waals surface area contributed by atoms with Crippen LogP contribution < -0.4 is 9.64 Å². The molecule has 0 unspecified atom stereocenters. The van der Waals surface area contributed by atoms with Crippen LogP contribution in [0.15, 0.2) is 63.5 Å². The summed E-state index contributed by atoms with van der Waals surface area (Å²) in [5, 5.41) is 12.8. The number of fused-ring (bicyclic) bond motifs is 1. The molecule has 33 heavy (non-hydrogen) atoms. The van der Waals surface area contributed by atoms with Gasteiger partial charge in [0.25, 0.3) is 5.89 Å². The standard InChI is InChI=1S/C25H27N5O3/c1-4-30-15-19(31-21-13-9-8-12-20(21)30)14-29(3)16-22-26-27-25(32-22)23-17(2)33-28-24(23)18-10-6-5-7-11-18/h5-13,19H,4,14-16H2,1-3H3/t19-/m0/s1. The van der Waals surface area contributed by atoms with E-state index in [1.165, 1.54) is 0 Å². The van der Waals surface area contributed by atoms with Crippen LogP contribution in [-0.2, 0) is 6.54 Å². The molecule has 0 N–H and O–H groups in total. The Kier molecular flexibility index (Phi) is 5.83. The van der Waals surface area contributed by atoms with Crippen molar-refractivity contribution in [2.24, 2.45) is 0 Å². The van der Waals surface area contributed by atoms with Crippen LogP contribution in [-0.4, -0.2) is 53.0 Å². The van der Waals surface area contributed by atoms with Crippen LogP contribution >= 0.6 is 0 Å². The molecular formula is C25H27N5O3. The van der Waals surface area contributed by atoms with Gasteiger partial charge in [-0.25, -0.2) is 0 Å². The minimum absolute atomic E-state index is 0.0530. The lowest BCUT2D eigenvalue weighted by Gasteiger charge is -2.37. The van der Waals surface area contributed by atoms with Gasteiger partial charge in [0.15, 0.2) is 0 Å². The molecule has 5 rings (SSSR count). The highest BCUT2D eigenvalue weighted by molar-refractivity contribution is 5.77. The topological polar surface area (TPSA) is 80.7 Å². The summed E-state index contributed by atoms with van der Waals surface area (Å²) in [5.74, 6) is 2.53. The zero-order valence-electron chi connectivity index (χ0n) is 19.1.